The van der Waals surface area contributed by atoms with Crippen molar-refractivity contribution in [3.63, 3.8) is 0 Å². The zero-order valence-electron chi connectivity index (χ0n) is 12.1. The van der Waals surface area contributed by atoms with Crippen molar-refractivity contribution in [1.29, 1.82) is 0 Å². The van der Waals surface area contributed by atoms with E-state index in [0.717, 1.165) is 25.9 Å². The number of nitrogens with zero attached hydrogens (tertiary/aromatic N) is 1. The summed E-state index contributed by atoms with van der Waals surface area (Å²) in [6, 6.07) is 4.44. The van der Waals surface area contributed by atoms with Gasteiger partial charge in [-0.15, -0.1) is 0 Å². The smallest absolute Gasteiger partial charge is 0.251 e. The number of carbonyl (C=O) groups excluding carboxylic acids is 2. The highest BCUT2D eigenvalue weighted by Crippen LogP contribution is 2.20. The van der Waals surface area contributed by atoms with E-state index in [1.165, 1.54) is 6.42 Å². The van der Waals surface area contributed by atoms with Crippen molar-refractivity contribution in [2.75, 3.05) is 18.8 Å². The molecule has 0 radical (unpaired) electrons. The van der Waals surface area contributed by atoms with E-state index in [0.29, 0.717) is 15.7 Å². The summed E-state index contributed by atoms with van der Waals surface area (Å²) in [5, 5.41) is 2.75. The zero-order valence-corrected chi connectivity index (χ0v) is 13.6. The van der Waals surface area contributed by atoms with Crippen molar-refractivity contribution in [2.45, 2.75) is 32.2 Å². The molecule has 0 saturated carbocycles. The molecule has 21 heavy (non-hydrogen) atoms. The van der Waals surface area contributed by atoms with Crippen LogP contribution in [0.5, 0.6) is 0 Å². The van der Waals surface area contributed by atoms with Crippen molar-refractivity contribution >= 4 is 33.4 Å². The summed E-state index contributed by atoms with van der Waals surface area (Å²) >= 11 is 3.29. The number of likely N-dealkylation sites (tertiary alicyclic amines) is 1. The van der Waals surface area contributed by atoms with E-state index in [2.05, 4.69) is 21.2 Å². The second kappa shape index (κ2) is 6.93. The summed E-state index contributed by atoms with van der Waals surface area (Å²) in [6.07, 6.45) is 3.25. The average molecular weight is 354 g/mol. The highest BCUT2D eigenvalue weighted by molar-refractivity contribution is 9.10. The molecule has 0 bridgehead atoms. The van der Waals surface area contributed by atoms with Gasteiger partial charge in [0.1, 0.15) is 6.04 Å². The van der Waals surface area contributed by atoms with E-state index in [9.17, 15) is 9.59 Å². The molecule has 2 rings (SSSR count). The Hall–Kier alpha value is -1.56. The van der Waals surface area contributed by atoms with E-state index < -0.39 is 6.04 Å². The van der Waals surface area contributed by atoms with Crippen LogP contribution < -0.4 is 11.1 Å². The third-order valence-electron chi connectivity index (χ3n) is 3.65. The fourth-order valence-electron chi connectivity index (χ4n) is 2.40. The number of nitrogens with one attached hydrogen (secondary N) is 1. The number of nitrogens with two attached hydrogens (primary N) is 1. The highest BCUT2D eigenvalue weighted by Gasteiger charge is 2.23. The first-order valence-electron chi connectivity index (χ1n) is 7.13. The lowest BCUT2D eigenvalue weighted by Crippen LogP contribution is -2.48. The van der Waals surface area contributed by atoms with Crippen LogP contribution >= 0.6 is 15.9 Å². The maximum atomic E-state index is 12.3. The summed E-state index contributed by atoms with van der Waals surface area (Å²) in [5.41, 5.74) is 6.75. The Labute approximate surface area is 133 Å². The molecule has 6 heteroatoms. The van der Waals surface area contributed by atoms with Crippen LogP contribution in [0.3, 0.4) is 0 Å². The number of anilines is 1. The Morgan fingerprint density at radius 3 is 2.57 bits per heavy atom. The lowest BCUT2D eigenvalue weighted by Gasteiger charge is -2.29. The highest BCUT2D eigenvalue weighted by atomic mass is 79.9. The zero-order chi connectivity index (χ0) is 15.4. The molecule has 1 heterocycles. The first-order valence-corrected chi connectivity index (χ1v) is 7.93. The number of nitrogen functional groups attached to an aromatic ring is 1. The third kappa shape index (κ3) is 3.97. The lowest BCUT2D eigenvalue weighted by atomic mass is 10.1. The molecule has 1 fully saturated rings. The van der Waals surface area contributed by atoms with Gasteiger partial charge in [0.25, 0.3) is 5.91 Å². The molecule has 1 unspecified atom stereocenters. The fourth-order valence-corrected chi connectivity index (χ4v) is 2.78. The number of amides is 2. The fraction of sp³-hybridized carbons (Fsp3) is 0.467. The van der Waals surface area contributed by atoms with Crippen molar-refractivity contribution in [1.82, 2.24) is 10.2 Å². The van der Waals surface area contributed by atoms with E-state index in [-0.39, 0.29) is 11.8 Å². The quantitative estimate of drug-likeness (QED) is 0.817. The minimum absolute atomic E-state index is 0.0161. The number of hydrogen-bond acceptors (Lipinski definition) is 3. The predicted octanol–water partition coefficient (Wildman–Crippen LogP) is 2.16. The summed E-state index contributed by atoms with van der Waals surface area (Å²) in [7, 11) is 0. The molecule has 5 nitrogen and oxygen atoms in total. The molecule has 114 valence electrons. The van der Waals surface area contributed by atoms with Gasteiger partial charge in [-0.3, -0.25) is 9.59 Å². The van der Waals surface area contributed by atoms with Crippen molar-refractivity contribution in [3.8, 4) is 0 Å². The summed E-state index contributed by atoms with van der Waals surface area (Å²) in [4.78, 5) is 26.3. The Balaban J connectivity index is 1.97. The molecule has 1 saturated heterocycles. The van der Waals surface area contributed by atoms with Crippen LogP contribution in [0.15, 0.2) is 22.7 Å². The van der Waals surface area contributed by atoms with E-state index in [4.69, 9.17) is 5.73 Å². The monoisotopic (exact) mass is 353 g/mol. The van der Waals surface area contributed by atoms with Gasteiger partial charge in [0, 0.05) is 28.8 Å². The molecule has 2 amide bonds. The molecule has 1 aromatic rings. The maximum absolute atomic E-state index is 12.3. The van der Waals surface area contributed by atoms with Gasteiger partial charge >= 0.3 is 0 Å². The minimum Gasteiger partial charge on any atom is -0.398 e. The van der Waals surface area contributed by atoms with E-state index in [1.54, 1.807) is 25.1 Å². The molecule has 1 aromatic carbocycles. The van der Waals surface area contributed by atoms with Crippen molar-refractivity contribution in [3.05, 3.63) is 28.2 Å². The van der Waals surface area contributed by atoms with Crippen LogP contribution in [0, 0.1) is 0 Å². The predicted molar refractivity (Wildman–Crippen MR) is 85.9 cm³/mol. The average Bonchev–Trinajstić information content (AvgIpc) is 2.50. The Morgan fingerprint density at radius 2 is 1.95 bits per heavy atom. The topological polar surface area (TPSA) is 75.4 Å². The molecular formula is C15H20BrN3O2. The van der Waals surface area contributed by atoms with Gasteiger partial charge in [-0.2, -0.15) is 0 Å². The van der Waals surface area contributed by atoms with Crippen LogP contribution in [0.1, 0.15) is 36.5 Å². The number of carbonyl (C=O) groups is 2. The molecule has 3 N–H and O–H groups in total. The molecular weight excluding hydrogens is 334 g/mol. The molecule has 1 aliphatic heterocycles. The first kappa shape index (κ1) is 15.8. The second-order valence-electron chi connectivity index (χ2n) is 5.32. The van der Waals surface area contributed by atoms with Gasteiger partial charge in [0.05, 0.1) is 0 Å². The standard InChI is InChI=1S/C15H20BrN3O2/c1-10(15(21)19-7-3-2-4-8-19)18-14(20)11-5-6-13(17)12(16)9-11/h5-6,9-10H,2-4,7-8,17H2,1H3,(H,18,20). The van der Waals surface area contributed by atoms with E-state index in [1.807, 2.05) is 4.90 Å². The Kier molecular flexibility index (Phi) is 5.22. The number of hydrogen-bond donors (Lipinski definition) is 2. The van der Waals surface area contributed by atoms with Crippen molar-refractivity contribution < 1.29 is 9.59 Å². The Bertz CT molecular complexity index is 542. The van der Waals surface area contributed by atoms with Gasteiger partial charge in [-0.05, 0) is 60.3 Å². The molecule has 1 aliphatic rings. The minimum atomic E-state index is -0.521. The lowest BCUT2D eigenvalue weighted by molar-refractivity contribution is -0.133. The Morgan fingerprint density at radius 1 is 1.29 bits per heavy atom. The SMILES string of the molecule is CC(NC(=O)c1ccc(N)c(Br)c1)C(=O)N1CCCCC1. The van der Waals surface area contributed by atoms with Gasteiger partial charge in [0.15, 0.2) is 0 Å². The van der Waals surface area contributed by atoms with Crippen LogP contribution in [0.2, 0.25) is 0 Å². The summed E-state index contributed by atoms with van der Waals surface area (Å²) < 4.78 is 0.671. The van der Waals surface area contributed by atoms with Crippen LogP contribution in [0.25, 0.3) is 0 Å². The molecule has 0 aliphatic carbocycles. The van der Waals surface area contributed by atoms with Crippen LogP contribution in [0.4, 0.5) is 5.69 Å². The van der Waals surface area contributed by atoms with Gasteiger partial charge in [0.2, 0.25) is 5.91 Å². The maximum Gasteiger partial charge on any atom is 0.251 e. The number of halogens is 1. The number of benzene rings is 1. The largest absolute Gasteiger partial charge is 0.398 e. The van der Waals surface area contributed by atoms with Crippen molar-refractivity contribution in [2.24, 2.45) is 0 Å². The van der Waals surface area contributed by atoms with E-state index >= 15 is 0 Å². The molecule has 0 spiro atoms. The number of rotatable bonds is 3. The second-order valence-corrected chi connectivity index (χ2v) is 6.17. The van der Waals surface area contributed by atoms with Crippen LogP contribution in [-0.4, -0.2) is 35.8 Å². The number of piperidine rings is 1. The normalized spacial score (nSPS) is 16.4. The van der Waals surface area contributed by atoms with Gasteiger partial charge in [-0.1, -0.05) is 0 Å². The van der Waals surface area contributed by atoms with Gasteiger partial charge < -0.3 is 16.0 Å². The summed E-state index contributed by atoms with van der Waals surface area (Å²) in [6.45, 7) is 3.29. The molecule has 1 atom stereocenters. The summed E-state index contributed by atoms with van der Waals surface area (Å²) in [5.74, 6) is -0.286. The third-order valence-corrected chi connectivity index (χ3v) is 4.34. The molecule has 0 aromatic heterocycles. The van der Waals surface area contributed by atoms with Gasteiger partial charge in [-0.25, -0.2) is 0 Å². The van der Waals surface area contributed by atoms with Crippen LogP contribution in [-0.2, 0) is 4.79 Å². The first-order chi connectivity index (χ1) is 9.99.